The lowest BCUT2D eigenvalue weighted by atomic mass is 9.92. The number of carbonyl (C=O) groups excluding carboxylic acids is 2. The second-order valence-corrected chi connectivity index (χ2v) is 7.92. The molecule has 154 valence electrons. The molecule has 2 aromatic rings. The van der Waals surface area contributed by atoms with Crippen LogP contribution in [0.2, 0.25) is 0 Å². The van der Waals surface area contributed by atoms with E-state index in [0.29, 0.717) is 23.5 Å². The number of hydrogen-bond donors (Lipinski definition) is 1. The van der Waals surface area contributed by atoms with Gasteiger partial charge in [-0.1, -0.05) is 30.4 Å². The first-order valence-corrected chi connectivity index (χ1v) is 10.1. The van der Waals surface area contributed by atoms with Crippen molar-refractivity contribution in [3.05, 3.63) is 36.1 Å². The summed E-state index contributed by atoms with van der Waals surface area (Å²) in [7, 11) is 3.12. The third-order valence-electron chi connectivity index (χ3n) is 5.75. The Morgan fingerprint density at radius 3 is 2.76 bits per heavy atom. The fourth-order valence-corrected chi connectivity index (χ4v) is 4.67. The number of nitrogens with one attached hydrogen (secondary N) is 1. The summed E-state index contributed by atoms with van der Waals surface area (Å²) in [4.78, 5) is 28.9. The molecule has 3 atom stereocenters. The van der Waals surface area contributed by atoms with Crippen LogP contribution >= 0.6 is 12.2 Å². The molecule has 8 heteroatoms. The van der Waals surface area contributed by atoms with Gasteiger partial charge in [-0.25, -0.2) is 0 Å². The van der Waals surface area contributed by atoms with Crippen LogP contribution in [0, 0.1) is 5.92 Å². The van der Waals surface area contributed by atoms with Crippen LogP contribution in [0.5, 0.6) is 0 Å². The van der Waals surface area contributed by atoms with Gasteiger partial charge in [-0.05, 0) is 25.0 Å². The van der Waals surface area contributed by atoms with E-state index in [9.17, 15) is 9.59 Å². The number of carbonyl (C=O) groups is 2. The predicted molar refractivity (Wildman–Crippen MR) is 111 cm³/mol. The molecule has 2 aliphatic rings. The molecule has 1 aromatic carbocycles. The fraction of sp³-hybridized carbons (Fsp3) is 0.476. The SMILES string of the molecule is COC(OC)[C@@H]1CCCN1C(=O)[C@H]1NCC(=S)C1C(=O)c1cc2ccccc2o1. The number of hydrogen-bond acceptors (Lipinski definition) is 7. The Bertz CT molecular complexity index is 905. The van der Waals surface area contributed by atoms with E-state index in [1.807, 2.05) is 24.3 Å². The number of ether oxygens (including phenoxy) is 2. The van der Waals surface area contributed by atoms with Crippen molar-refractivity contribution < 1.29 is 23.5 Å². The van der Waals surface area contributed by atoms with Gasteiger partial charge >= 0.3 is 0 Å². The van der Waals surface area contributed by atoms with Crippen LogP contribution in [-0.2, 0) is 14.3 Å². The van der Waals surface area contributed by atoms with Gasteiger partial charge in [0.1, 0.15) is 11.6 Å². The highest BCUT2D eigenvalue weighted by Crippen LogP contribution is 2.29. The van der Waals surface area contributed by atoms with Crippen molar-refractivity contribution in [2.45, 2.75) is 31.2 Å². The van der Waals surface area contributed by atoms with Crippen molar-refractivity contribution in [1.29, 1.82) is 0 Å². The largest absolute Gasteiger partial charge is 0.453 e. The molecule has 4 rings (SSSR count). The van der Waals surface area contributed by atoms with Gasteiger partial charge in [-0.15, -0.1) is 0 Å². The lowest BCUT2D eigenvalue weighted by Crippen LogP contribution is -2.53. The van der Waals surface area contributed by atoms with Gasteiger partial charge in [0.2, 0.25) is 11.7 Å². The van der Waals surface area contributed by atoms with E-state index in [2.05, 4.69) is 5.32 Å². The molecule has 0 radical (unpaired) electrons. The number of para-hydroxylation sites is 1. The molecule has 2 fully saturated rings. The number of rotatable bonds is 6. The summed E-state index contributed by atoms with van der Waals surface area (Å²) >= 11 is 5.45. The van der Waals surface area contributed by atoms with E-state index in [1.54, 1.807) is 25.2 Å². The van der Waals surface area contributed by atoms with Crippen molar-refractivity contribution >= 4 is 39.7 Å². The lowest BCUT2D eigenvalue weighted by Gasteiger charge is -2.32. The van der Waals surface area contributed by atoms with E-state index in [1.165, 1.54) is 0 Å². The molecule has 1 amide bonds. The van der Waals surface area contributed by atoms with E-state index in [0.717, 1.165) is 18.2 Å². The quantitative estimate of drug-likeness (QED) is 0.439. The Hall–Kier alpha value is -2.13. The van der Waals surface area contributed by atoms with Crippen molar-refractivity contribution in [2.75, 3.05) is 27.3 Å². The number of nitrogens with zero attached hydrogens (tertiary/aromatic N) is 1. The number of benzene rings is 1. The Kier molecular flexibility index (Phi) is 5.78. The van der Waals surface area contributed by atoms with Crippen molar-refractivity contribution in [3.8, 4) is 0 Å². The van der Waals surface area contributed by atoms with Crippen molar-refractivity contribution in [1.82, 2.24) is 10.2 Å². The first-order valence-electron chi connectivity index (χ1n) is 9.70. The Morgan fingerprint density at radius 1 is 1.28 bits per heavy atom. The molecule has 2 saturated heterocycles. The van der Waals surface area contributed by atoms with Gasteiger partial charge in [0, 0.05) is 37.6 Å². The molecule has 0 spiro atoms. The standard InChI is InChI=1S/C21H24N2O5S/c1-26-21(27-2)13-7-5-9-23(13)20(25)18-17(16(29)11-22-18)19(24)15-10-12-6-3-4-8-14(12)28-15/h3-4,6,8,10,13,17-18,21-22H,5,7,9,11H2,1-2H3/t13-,17?,18-/m0/s1. The zero-order valence-corrected chi connectivity index (χ0v) is 17.2. The molecule has 0 aliphatic carbocycles. The van der Waals surface area contributed by atoms with Crippen molar-refractivity contribution in [2.24, 2.45) is 5.92 Å². The molecule has 7 nitrogen and oxygen atoms in total. The highest BCUT2D eigenvalue weighted by Gasteiger charge is 2.47. The molecule has 0 saturated carbocycles. The summed E-state index contributed by atoms with van der Waals surface area (Å²) in [5, 5.41) is 3.98. The number of furan rings is 1. The molecule has 1 unspecified atom stereocenters. The number of Topliss-reactive ketones (excluding diaryl/α,β-unsaturated/α-hetero) is 1. The number of ketones is 1. The average molecular weight is 416 g/mol. The maximum absolute atomic E-state index is 13.4. The molecule has 2 aliphatic heterocycles. The molecular weight excluding hydrogens is 392 g/mol. The zero-order chi connectivity index (χ0) is 20.5. The molecule has 3 heterocycles. The van der Waals surface area contributed by atoms with Crippen LogP contribution in [0.15, 0.2) is 34.7 Å². The third kappa shape index (κ3) is 3.61. The number of fused-ring (bicyclic) bond motifs is 1. The minimum atomic E-state index is -0.733. The Balaban J connectivity index is 1.59. The number of thiocarbonyl (C=S) groups is 1. The molecule has 0 bridgehead atoms. The summed E-state index contributed by atoms with van der Waals surface area (Å²) in [6.07, 6.45) is 1.15. The van der Waals surface area contributed by atoms with Gasteiger partial charge in [0.15, 0.2) is 12.1 Å². The highest BCUT2D eigenvalue weighted by atomic mass is 32.1. The molecule has 29 heavy (non-hydrogen) atoms. The van der Waals surface area contributed by atoms with Gasteiger partial charge in [-0.3, -0.25) is 9.59 Å². The summed E-state index contributed by atoms with van der Waals surface area (Å²) < 4.78 is 16.5. The van der Waals surface area contributed by atoms with Crippen LogP contribution in [0.1, 0.15) is 23.4 Å². The summed E-state index contributed by atoms with van der Waals surface area (Å²) in [5.74, 6) is -0.922. The second kappa shape index (κ2) is 8.31. The van der Waals surface area contributed by atoms with E-state index < -0.39 is 18.2 Å². The van der Waals surface area contributed by atoms with Crippen LogP contribution in [0.3, 0.4) is 0 Å². The first-order chi connectivity index (χ1) is 14.0. The predicted octanol–water partition coefficient (Wildman–Crippen LogP) is 2.18. The second-order valence-electron chi connectivity index (χ2n) is 7.40. The molecule has 1 aromatic heterocycles. The zero-order valence-electron chi connectivity index (χ0n) is 16.4. The van der Waals surface area contributed by atoms with Crippen LogP contribution < -0.4 is 5.32 Å². The molecule has 1 N–H and O–H groups in total. The van der Waals surface area contributed by atoms with Crippen LogP contribution in [0.25, 0.3) is 11.0 Å². The highest BCUT2D eigenvalue weighted by molar-refractivity contribution is 7.80. The summed E-state index contributed by atoms with van der Waals surface area (Å²) in [6, 6.07) is 8.25. The first kappa shape index (κ1) is 20.2. The van der Waals surface area contributed by atoms with Crippen LogP contribution in [-0.4, -0.2) is 67.1 Å². The topological polar surface area (TPSA) is 81.0 Å². The molecular formula is C21H24N2O5S. The number of likely N-dealkylation sites (tertiary alicyclic amines) is 1. The Labute approximate surface area is 174 Å². The smallest absolute Gasteiger partial charge is 0.241 e. The van der Waals surface area contributed by atoms with E-state index >= 15 is 0 Å². The maximum Gasteiger partial charge on any atom is 0.241 e. The summed E-state index contributed by atoms with van der Waals surface area (Å²) in [6.45, 7) is 0.947. The van der Waals surface area contributed by atoms with Crippen LogP contribution in [0.4, 0.5) is 0 Å². The van der Waals surface area contributed by atoms with Gasteiger partial charge in [-0.2, -0.15) is 0 Å². The fourth-order valence-electron chi connectivity index (χ4n) is 4.35. The number of methoxy groups -OCH3 is 2. The minimum absolute atomic E-state index is 0.152. The number of amides is 1. The third-order valence-corrected chi connectivity index (χ3v) is 6.15. The van der Waals surface area contributed by atoms with Gasteiger partial charge < -0.3 is 24.1 Å². The lowest BCUT2D eigenvalue weighted by molar-refractivity contribution is -0.158. The van der Waals surface area contributed by atoms with Crippen molar-refractivity contribution in [3.63, 3.8) is 0 Å². The Morgan fingerprint density at radius 2 is 2.03 bits per heavy atom. The minimum Gasteiger partial charge on any atom is -0.453 e. The van der Waals surface area contributed by atoms with E-state index in [-0.39, 0.29) is 23.5 Å². The van der Waals surface area contributed by atoms with Gasteiger partial charge in [0.25, 0.3) is 0 Å². The summed E-state index contributed by atoms with van der Waals surface area (Å²) in [5.41, 5.74) is 0.637. The maximum atomic E-state index is 13.4. The monoisotopic (exact) mass is 416 g/mol. The average Bonchev–Trinajstić information content (AvgIpc) is 3.46. The van der Waals surface area contributed by atoms with Gasteiger partial charge in [0.05, 0.1) is 12.0 Å². The normalized spacial score (nSPS) is 24.7. The van der Waals surface area contributed by atoms with E-state index in [4.69, 9.17) is 26.1 Å².